The van der Waals surface area contributed by atoms with Gasteiger partial charge in [0.2, 0.25) is 0 Å². The summed E-state index contributed by atoms with van der Waals surface area (Å²) in [5, 5.41) is 0.306. The third-order valence-electron chi connectivity index (χ3n) is 4.81. The highest BCUT2D eigenvalue weighted by atomic mass is 35.5. The van der Waals surface area contributed by atoms with E-state index in [0.717, 1.165) is 19.6 Å². The topological polar surface area (TPSA) is 69.7 Å². The fraction of sp³-hybridized carbons (Fsp3) is 0.350. The number of nitrogens with zero attached hydrogens (tertiary/aromatic N) is 2. The normalized spacial score (nSPS) is 14.8. The predicted molar refractivity (Wildman–Crippen MR) is 111 cm³/mol. The number of carbonyl (C=O) groups is 1. The van der Waals surface area contributed by atoms with Crippen LogP contribution < -0.4 is 4.72 Å². The third kappa shape index (κ3) is 5.04. The zero-order valence-electron chi connectivity index (χ0n) is 15.8. The molecule has 2 aromatic rings. The van der Waals surface area contributed by atoms with E-state index in [-0.39, 0.29) is 10.8 Å². The summed E-state index contributed by atoms with van der Waals surface area (Å²) in [7, 11) is -2.12. The molecule has 0 bridgehead atoms. The molecule has 0 aromatic heterocycles. The van der Waals surface area contributed by atoms with Crippen molar-refractivity contribution in [3.8, 4) is 0 Å². The zero-order chi connectivity index (χ0) is 20.1. The molecule has 0 spiro atoms. The summed E-state index contributed by atoms with van der Waals surface area (Å²) in [6.45, 7) is 3.58. The Morgan fingerprint density at radius 1 is 1.14 bits per heavy atom. The summed E-state index contributed by atoms with van der Waals surface area (Å²) in [5.41, 5.74) is 0.634. The largest absolute Gasteiger partial charge is 0.340 e. The van der Waals surface area contributed by atoms with Crippen LogP contribution in [0.25, 0.3) is 0 Å². The second kappa shape index (κ2) is 8.94. The molecule has 3 rings (SSSR count). The molecule has 1 saturated heterocycles. The van der Waals surface area contributed by atoms with E-state index in [0.29, 0.717) is 22.8 Å². The molecule has 0 radical (unpaired) electrons. The van der Waals surface area contributed by atoms with Crippen LogP contribution in [0.15, 0.2) is 53.4 Å². The first kappa shape index (κ1) is 20.6. The Morgan fingerprint density at radius 2 is 1.86 bits per heavy atom. The minimum absolute atomic E-state index is 0.0196. The Balaban J connectivity index is 1.71. The number of nitrogens with one attached hydrogen (secondary N) is 1. The molecule has 28 heavy (non-hydrogen) atoms. The van der Waals surface area contributed by atoms with Gasteiger partial charge in [-0.1, -0.05) is 29.8 Å². The van der Waals surface area contributed by atoms with Gasteiger partial charge in [0.25, 0.3) is 15.9 Å². The Bertz CT molecular complexity index is 943. The van der Waals surface area contributed by atoms with Gasteiger partial charge >= 0.3 is 0 Å². The van der Waals surface area contributed by atoms with E-state index < -0.39 is 10.0 Å². The molecule has 1 N–H and O–H groups in total. The first-order chi connectivity index (χ1) is 13.4. The number of likely N-dealkylation sites (tertiary alicyclic amines) is 1. The standard InChI is InChI=1S/C20H24ClN3O3S/c1-23(13-14-24-11-4-5-12-24)20(25)16-7-6-8-17(15-16)28(26,27)22-19-10-3-2-9-18(19)21/h2-3,6-10,15,22H,4-5,11-14H2,1H3. The van der Waals surface area contributed by atoms with Crippen molar-refractivity contribution < 1.29 is 13.2 Å². The van der Waals surface area contributed by atoms with Crippen LogP contribution in [0, 0.1) is 0 Å². The van der Waals surface area contributed by atoms with Gasteiger partial charge in [-0.2, -0.15) is 0 Å². The predicted octanol–water partition coefficient (Wildman–Crippen LogP) is 3.31. The van der Waals surface area contributed by atoms with Gasteiger partial charge < -0.3 is 9.80 Å². The number of rotatable bonds is 7. The second-order valence-electron chi connectivity index (χ2n) is 6.89. The van der Waals surface area contributed by atoms with E-state index in [9.17, 15) is 13.2 Å². The van der Waals surface area contributed by atoms with Gasteiger partial charge in [0.1, 0.15) is 0 Å². The Labute approximate surface area is 171 Å². The average molecular weight is 422 g/mol. The van der Waals surface area contributed by atoms with Crippen molar-refractivity contribution in [1.82, 2.24) is 9.80 Å². The van der Waals surface area contributed by atoms with E-state index in [4.69, 9.17) is 11.6 Å². The van der Waals surface area contributed by atoms with Gasteiger partial charge in [0.05, 0.1) is 15.6 Å². The molecule has 8 heteroatoms. The molecule has 1 amide bonds. The van der Waals surface area contributed by atoms with Gasteiger partial charge in [-0.15, -0.1) is 0 Å². The molecular formula is C20H24ClN3O3S. The number of amides is 1. The highest BCUT2D eigenvalue weighted by molar-refractivity contribution is 7.92. The summed E-state index contributed by atoms with van der Waals surface area (Å²) < 4.78 is 27.9. The van der Waals surface area contributed by atoms with Crippen LogP contribution >= 0.6 is 11.6 Å². The number of anilines is 1. The van der Waals surface area contributed by atoms with Crippen molar-refractivity contribution in [3.63, 3.8) is 0 Å². The molecular weight excluding hydrogens is 398 g/mol. The number of hydrogen-bond donors (Lipinski definition) is 1. The molecule has 1 heterocycles. The number of para-hydroxylation sites is 1. The second-order valence-corrected chi connectivity index (χ2v) is 8.98. The maximum absolute atomic E-state index is 12.7. The van der Waals surface area contributed by atoms with Gasteiger partial charge in [0, 0.05) is 25.7 Å². The summed E-state index contributed by atoms with van der Waals surface area (Å²) in [4.78, 5) is 16.7. The summed E-state index contributed by atoms with van der Waals surface area (Å²) in [6.07, 6.45) is 2.41. The minimum Gasteiger partial charge on any atom is -0.340 e. The molecule has 1 fully saturated rings. The maximum atomic E-state index is 12.7. The van der Waals surface area contributed by atoms with E-state index in [2.05, 4.69) is 9.62 Å². The van der Waals surface area contributed by atoms with Crippen LogP contribution in [0.5, 0.6) is 0 Å². The van der Waals surface area contributed by atoms with Crippen LogP contribution in [0.2, 0.25) is 5.02 Å². The molecule has 6 nitrogen and oxygen atoms in total. The lowest BCUT2D eigenvalue weighted by Crippen LogP contribution is -2.35. The van der Waals surface area contributed by atoms with Crippen molar-refractivity contribution in [2.75, 3.05) is 37.9 Å². The van der Waals surface area contributed by atoms with Crippen LogP contribution in [-0.4, -0.2) is 57.4 Å². The smallest absolute Gasteiger partial charge is 0.261 e. The van der Waals surface area contributed by atoms with Crippen LogP contribution in [0.3, 0.4) is 0 Å². The monoisotopic (exact) mass is 421 g/mol. The SMILES string of the molecule is CN(CCN1CCCC1)C(=O)c1cccc(S(=O)(=O)Nc2ccccc2Cl)c1. The van der Waals surface area contributed by atoms with Crippen LogP contribution in [-0.2, 0) is 10.0 Å². The molecule has 1 aliphatic rings. The van der Waals surface area contributed by atoms with E-state index in [1.165, 1.54) is 25.0 Å². The molecule has 0 saturated carbocycles. The van der Waals surface area contributed by atoms with Gasteiger partial charge in [0.15, 0.2) is 0 Å². The first-order valence-electron chi connectivity index (χ1n) is 9.22. The lowest BCUT2D eigenvalue weighted by Gasteiger charge is -2.21. The van der Waals surface area contributed by atoms with E-state index >= 15 is 0 Å². The third-order valence-corrected chi connectivity index (χ3v) is 6.50. The fourth-order valence-electron chi connectivity index (χ4n) is 3.16. The minimum atomic E-state index is -3.86. The van der Waals surface area contributed by atoms with Gasteiger partial charge in [-0.3, -0.25) is 9.52 Å². The number of sulfonamides is 1. The van der Waals surface area contributed by atoms with Gasteiger partial charge in [-0.05, 0) is 56.3 Å². The summed E-state index contributed by atoms with van der Waals surface area (Å²) in [5.74, 6) is -0.200. The molecule has 0 unspecified atom stereocenters. The summed E-state index contributed by atoms with van der Waals surface area (Å²) >= 11 is 6.04. The highest BCUT2D eigenvalue weighted by Crippen LogP contribution is 2.24. The molecule has 2 aromatic carbocycles. The zero-order valence-corrected chi connectivity index (χ0v) is 17.3. The molecule has 0 aliphatic carbocycles. The highest BCUT2D eigenvalue weighted by Gasteiger charge is 2.20. The fourth-order valence-corrected chi connectivity index (χ4v) is 4.53. The van der Waals surface area contributed by atoms with Crippen molar-refractivity contribution in [2.24, 2.45) is 0 Å². The number of likely N-dealkylation sites (N-methyl/N-ethyl adjacent to an activating group) is 1. The van der Waals surface area contributed by atoms with Crippen LogP contribution in [0.4, 0.5) is 5.69 Å². The Kier molecular flexibility index (Phi) is 6.59. The van der Waals surface area contributed by atoms with E-state index in [1.54, 1.807) is 48.3 Å². The van der Waals surface area contributed by atoms with Crippen LogP contribution in [0.1, 0.15) is 23.2 Å². The van der Waals surface area contributed by atoms with Crippen molar-refractivity contribution >= 4 is 33.2 Å². The number of benzene rings is 2. The Morgan fingerprint density at radius 3 is 2.57 bits per heavy atom. The maximum Gasteiger partial charge on any atom is 0.261 e. The molecule has 150 valence electrons. The van der Waals surface area contributed by atoms with Gasteiger partial charge in [-0.25, -0.2) is 8.42 Å². The van der Waals surface area contributed by atoms with E-state index in [1.807, 2.05) is 0 Å². The quantitative estimate of drug-likeness (QED) is 0.744. The number of halogens is 1. The number of hydrogen-bond acceptors (Lipinski definition) is 4. The Hall–Kier alpha value is -2.09. The average Bonchev–Trinajstić information content (AvgIpc) is 3.21. The molecule has 1 aliphatic heterocycles. The lowest BCUT2D eigenvalue weighted by atomic mass is 10.2. The molecule has 0 atom stereocenters. The van der Waals surface area contributed by atoms with Crippen molar-refractivity contribution in [1.29, 1.82) is 0 Å². The summed E-state index contributed by atoms with van der Waals surface area (Å²) in [6, 6.07) is 12.7. The van der Waals surface area contributed by atoms with Crippen molar-refractivity contribution in [3.05, 3.63) is 59.1 Å². The first-order valence-corrected chi connectivity index (χ1v) is 11.1. The number of carbonyl (C=O) groups excluding carboxylic acids is 1. The van der Waals surface area contributed by atoms with Crippen molar-refractivity contribution in [2.45, 2.75) is 17.7 Å². The lowest BCUT2D eigenvalue weighted by molar-refractivity contribution is 0.0782.